The van der Waals surface area contributed by atoms with Crippen LogP contribution < -0.4 is 5.32 Å². The van der Waals surface area contributed by atoms with Gasteiger partial charge in [0.1, 0.15) is 0 Å². The van der Waals surface area contributed by atoms with Crippen LogP contribution in [0.4, 0.5) is 0 Å². The smallest absolute Gasteiger partial charge is 0.337 e. The highest BCUT2D eigenvalue weighted by molar-refractivity contribution is 8.24. The van der Waals surface area contributed by atoms with E-state index in [0.29, 0.717) is 48.4 Å². The van der Waals surface area contributed by atoms with E-state index in [1.54, 1.807) is 0 Å². The molecule has 286 valence electrons. The normalized spacial score (nSPS) is 38.7. The van der Waals surface area contributed by atoms with Crippen molar-refractivity contribution in [2.75, 3.05) is 38.2 Å². The van der Waals surface area contributed by atoms with Crippen LogP contribution in [0.5, 0.6) is 0 Å². The number of rotatable bonds is 6. The van der Waals surface area contributed by atoms with Crippen LogP contribution >= 0.6 is 10.6 Å². The monoisotopic (exact) mass is 734 g/mol. The van der Waals surface area contributed by atoms with E-state index in [-0.39, 0.29) is 57.7 Å². The number of hydrogen-bond donors (Lipinski definition) is 3. The Hall–Kier alpha value is -2.46. The van der Waals surface area contributed by atoms with E-state index in [1.807, 2.05) is 17.0 Å². The molecular formula is C43H62N2O6S. The third-order valence-electron chi connectivity index (χ3n) is 15.8. The zero-order chi connectivity index (χ0) is 37.6. The standard InChI is InChI=1S/C43H62N2O6S/c1-27(2)36-32(46)25-43(44-35(47)26-45-21-23-52(49,50)24-22-45)20-19-41(6)31(37(36)43)13-14-34-40(5)17-15-30(28-9-11-29(12-10-28)38(48)51-8)39(3,4)33(40)16-18-42(34,41)7/h9-12,15,27,31,33-34,49-50H,13-14,16-26H2,1-8H3,(H,44,47)/t31?,33?,34?,40-,41+,42+,43+/m0/s1. The molecule has 7 atom stereocenters. The van der Waals surface area contributed by atoms with Gasteiger partial charge in [0.2, 0.25) is 5.91 Å². The second-order valence-corrected chi connectivity index (χ2v) is 21.3. The summed E-state index contributed by atoms with van der Waals surface area (Å²) >= 11 is 0. The van der Waals surface area contributed by atoms with Crippen LogP contribution in [0.25, 0.3) is 5.57 Å². The lowest BCUT2D eigenvalue weighted by molar-refractivity contribution is -0.194. The van der Waals surface area contributed by atoms with Crippen LogP contribution in [0.1, 0.15) is 116 Å². The van der Waals surface area contributed by atoms with Gasteiger partial charge in [-0.25, -0.2) is 4.79 Å². The minimum atomic E-state index is -2.54. The Labute approximate surface area is 312 Å². The lowest BCUT2D eigenvalue weighted by Crippen LogP contribution is -2.66. The van der Waals surface area contributed by atoms with Gasteiger partial charge in [0.15, 0.2) is 5.78 Å². The Balaban J connectivity index is 1.18. The van der Waals surface area contributed by atoms with Gasteiger partial charge >= 0.3 is 5.97 Å². The minimum absolute atomic E-state index is 0.00268. The first-order valence-corrected chi connectivity index (χ1v) is 21.6. The molecule has 6 aliphatic rings. The fraction of sp³-hybridized carbons (Fsp3) is 0.698. The number of carbonyl (C=O) groups is 3. The molecule has 5 aliphatic carbocycles. The van der Waals surface area contributed by atoms with Gasteiger partial charge in [0.25, 0.3) is 0 Å². The van der Waals surface area contributed by atoms with Crippen molar-refractivity contribution in [1.29, 1.82) is 0 Å². The Morgan fingerprint density at radius 2 is 1.62 bits per heavy atom. The fourth-order valence-electron chi connectivity index (χ4n) is 13.2. The average Bonchev–Trinajstić information content (AvgIpc) is 3.37. The summed E-state index contributed by atoms with van der Waals surface area (Å²) in [6.07, 6.45) is 10.1. The quantitative estimate of drug-likeness (QED) is 0.252. The van der Waals surface area contributed by atoms with Gasteiger partial charge in [-0.2, -0.15) is 10.6 Å². The van der Waals surface area contributed by atoms with E-state index in [0.717, 1.165) is 50.5 Å². The van der Waals surface area contributed by atoms with Gasteiger partial charge in [-0.05, 0) is 125 Å². The molecular weight excluding hydrogens is 673 g/mol. The molecule has 4 fully saturated rings. The Morgan fingerprint density at radius 1 is 0.942 bits per heavy atom. The number of methoxy groups -OCH3 is 1. The summed E-state index contributed by atoms with van der Waals surface area (Å²) in [6.45, 7) is 18.1. The first-order valence-electron chi connectivity index (χ1n) is 19.8. The number of fused-ring (bicyclic) bond motifs is 7. The summed E-state index contributed by atoms with van der Waals surface area (Å²) in [5.41, 5.74) is 4.88. The summed E-state index contributed by atoms with van der Waals surface area (Å²) in [7, 11) is -1.12. The Kier molecular flexibility index (Phi) is 9.32. The van der Waals surface area contributed by atoms with Crippen molar-refractivity contribution in [3.8, 4) is 0 Å². The number of nitrogens with one attached hydrogen (secondary N) is 1. The molecule has 1 aromatic carbocycles. The van der Waals surface area contributed by atoms with E-state index >= 15 is 0 Å². The number of esters is 1. The molecule has 1 aromatic rings. The number of benzene rings is 1. The predicted molar refractivity (Wildman–Crippen MR) is 208 cm³/mol. The maximum Gasteiger partial charge on any atom is 0.337 e. The van der Waals surface area contributed by atoms with Gasteiger partial charge in [0, 0.05) is 19.5 Å². The lowest BCUT2D eigenvalue weighted by Gasteiger charge is -2.71. The molecule has 7 rings (SSSR count). The lowest BCUT2D eigenvalue weighted by atomic mass is 9.33. The number of ketones is 1. The number of Topliss-reactive ketones (excluding diaryl/α,β-unsaturated/α-hetero) is 1. The van der Waals surface area contributed by atoms with E-state index < -0.39 is 16.1 Å². The third kappa shape index (κ3) is 5.69. The van der Waals surface area contributed by atoms with Gasteiger partial charge < -0.3 is 10.1 Å². The van der Waals surface area contributed by atoms with E-state index in [2.05, 4.69) is 72.0 Å². The first-order chi connectivity index (χ1) is 24.3. The van der Waals surface area contributed by atoms with Crippen LogP contribution in [0.15, 0.2) is 41.5 Å². The molecule has 0 bridgehead atoms. The SMILES string of the molecule is COC(=O)c1ccc(C2=CC[C@@]3(C)C(CC[C@]4(C)C3CCC3C5=C(C(C)C)C(=O)C[C@]5(NC(=O)CN5CCS(O)(O)CC5)CC[C@]34C)C2(C)C)cc1. The third-order valence-corrected chi connectivity index (χ3v) is 17.5. The number of ether oxygens (including phenoxy) is 1. The molecule has 1 saturated heterocycles. The largest absolute Gasteiger partial charge is 0.465 e. The van der Waals surface area contributed by atoms with E-state index in [1.165, 1.54) is 23.8 Å². The van der Waals surface area contributed by atoms with E-state index in [4.69, 9.17) is 4.74 Å². The van der Waals surface area contributed by atoms with Crippen LogP contribution in [-0.2, 0) is 14.3 Å². The minimum Gasteiger partial charge on any atom is -0.465 e. The second-order valence-electron chi connectivity index (χ2n) is 18.9. The molecule has 9 heteroatoms. The number of hydrogen-bond acceptors (Lipinski definition) is 7. The van der Waals surface area contributed by atoms with Crippen molar-refractivity contribution in [2.45, 2.75) is 105 Å². The van der Waals surface area contributed by atoms with E-state index in [9.17, 15) is 23.5 Å². The molecule has 1 aliphatic heterocycles. The van der Waals surface area contributed by atoms with Gasteiger partial charge in [-0.1, -0.05) is 66.7 Å². The number of carbonyl (C=O) groups excluding carboxylic acids is 3. The summed E-state index contributed by atoms with van der Waals surface area (Å²) < 4.78 is 25.2. The summed E-state index contributed by atoms with van der Waals surface area (Å²) in [6, 6.07) is 7.94. The Bertz CT molecular complexity index is 1700. The van der Waals surface area contributed by atoms with Crippen LogP contribution in [-0.4, -0.2) is 75.5 Å². The summed E-state index contributed by atoms with van der Waals surface area (Å²) in [5.74, 6) is 1.84. The molecule has 3 N–H and O–H groups in total. The van der Waals surface area contributed by atoms with Crippen molar-refractivity contribution >= 4 is 33.8 Å². The molecule has 0 aromatic heterocycles. The predicted octanol–water partition coefficient (Wildman–Crippen LogP) is 8.38. The van der Waals surface area contributed by atoms with Crippen molar-refractivity contribution in [2.24, 2.45) is 45.3 Å². The molecule has 0 radical (unpaired) electrons. The van der Waals surface area contributed by atoms with Crippen molar-refractivity contribution in [1.82, 2.24) is 10.2 Å². The van der Waals surface area contributed by atoms with Crippen LogP contribution in [0.2, 0.25) is 0 Å². The van der Waals surface area contributed by atoms with Crippen LogP contribution in [0, 0.1) is 45.3 Å². The Morgan fingerprint density at radius 3 is 2.25 bits per heavy atom. The van der Waals surface area contributed by atoms with Gasteiger partial charge in [0.05, 0.1) is 36.3 Å². The molecule has 52 heavy (non-hydrogen) atoms. The zero-order valence-corrected chi connectivity index (χ0v) is 33.6. The molecule has 1 amide bonds. The number of allylic oxidation sites excluding steroid dienone is 3. The molecule has 3 unspecified atom stereocenters. The van der Waals surface area contributed by atoms with Crippen LogP contribution in [0.3, 0.4) is 0 Å². The molecule has 8 nitrogen and oxygen atoms in total. The second kappa shape index (κ2) is 12.8. The topological polar surface area (TPSA) is 116 Å². The maximum atomic E-state index is 14.0. The number of amides is 1. The average molecular weight is 735 g/mol. The van der Waals surface area contributed by atoms with Crippen molar-refractivity contribution < 1.29 is 28.2 Å². The maximum absolute atomic E-state index is 14.0. The summed E-state index contributed by atoms with van der Waals surface area (Å²) in [5, 5.41) is 3.50. The van der Waals surface area contributed by atoms with Crippen molar-refractivity contribution in [3.05, 3.63) is 52.6 Å². The highest BCUT2D eigenvalue weighted by Gasteiger charge is 2.69. The van der Waals surface area contributed by atoms with Gasteiger partial charge in [-0.3, -0.25) is 23.6 Å². The highest BCUT2D eigenvalue weighted by atomic mass is 32.3. The molecule has 0 spiro atoms. The summed E-state index contributed by atoms with van der Waals surface area (Å²) in [4.78, 5) is 42.0. The first kappa shape index (κ1) is 37.8. The highest BCUT2D eigenvalue weighted by Crippen LogP contribution is 2.76. The van der Waals surface area contributed by atoms with Crippen molar-refractivity contribution in [3.63, 3.8) is 0 Å². The number of nitrogens with zero attached hydrogens (tertiary/aromatic N) is 1. The fourth-order valence-corrected chi connectivity index (χ4v) is 14.5. The zero-order valence-electron chi connectivity index (χ0n) is 32.8. The molecule has 3 saturated carbocycles. The van der Waals surface area contributed by atoms with Gasteiger partial charge in [-0.15, -0.1) is 0 Å². The molecule has 1 heterocycles.